The predicted molar refractivity (Wildman–Crippen MR) is 60.0 cm³/mol. The van der Waals surface area contributed by atoms with Crippen molar-refractivity contribution in [2.75, 3.05) is 20.1 Å². The molecule has 1 amide bonds. The normalized spacial score (nSPS) is 9.67. The molecule has 0 saturated heterocycles. The van der Waals surface area contributed by atoms with Crippen LogP contribution < -0.4 is 5.73 Å². The van der Waals surface area contributed by atoms with E-state index in [0.717, 1.165) is 32.2 Å². The van der Waals surface area contributed by atoms with Gasteiger partial charge in [0.05, 0.1) is 12.5 Å². The Morgan fingerprint density at radius 3 is 2.60 bits per heavy atom. The minimum atomic E-state index is 0.137. The van der Waals surface area contributed by atoms with Crippen LogP contribution in [0.5, 0.6) is 0 Å². The summed E-state index contributed by atoms with van der Waals surface area (Å²) in [5.41, 5.74) is 5.37. The number of rotatable bonds is 8. The van der Waals surface area contributed by atoms with E-state index in [1.807, 2.05) is 6.07 Å². The van der Waals surface area contributed by atoms with Crippen molar-refractivity contribution in [2.45, 2.75) is 38.5 Å². The summed E-state index contributed by atoms with van der Waals surface area (Å²) < 4.78 is 0. The number of carbonyl (C=O) groups excluding carboxylic acids is 1. The summed E-state index contributed by atoms with van der Waals surface area (Å²) >= 11 is 0. The van der Waals surface area contributed by atoms with Crippen LogP contribution >= 0.6 is 0 Å². The van der Waals surface area contributed by atoms with Crippen molar-refractivity contribution < 1.29 is 4.79 Å². The molecule has 2 N–H and O–H groups in total. The first-order valence-corrected chi connectivity index (χ1v) is 5.53. The van der Waals surface area contributed by atoms with Gasteiger partial charge >= 0.3 is 0 Å². The number of unbranched alkanes of at least 4 members (excludes halogenated alkanes) is 3. The molecule has 15 heavy (non-hydrogen) atoms. The number of hydrogen-bond acceptors (Lipinski definition) is 3. The van der Waals surface area contributed by atoms with Crippen molar-refractivity contribution >= 4 is 5.91 Å². The van der Waals surface area contributed by atoms with Crippen LogP contribution in [0.3, 0.4) is 0 Å². The quantitative estimate of drug-likeness (QED) is 0.615. The molecule has 4 nitrogen and oxygen atoms in total. The summed E-state index contributed by atoms with van der Waals surface area (Å²) in [7, 11) is 1.75. The van der Waals surface area contributed by atoms with Crippen LogP contribution in [-0.2, 0) is 4.79 Å². The molecule has 0 atom stereocenters. The molecule has 0 spiro atoms. The second-order valence-electron chi connectivity index (χ2n) is 3.68. The van der Waals surface area contributed by atoms with Crippen LogP contribution in [0.2, 0.25) is 0 Å². The monoisotopic (exact) mass is 211 g/mol. The van der Waals surface area contributed by atoms with Gasteiger partial charge in [-0.25, -0.2) is 0 Å². The lowest BCUT2D eigenvalue weighted by Gasteiger charge is -2.14. The van der Waals surface area contributed by atoms with Gasteiger partial charge in [0, 0.05) is 20.0 Å². The molecule has 0 aromatic rings. The number of nitriles is 1. The highest BCUT2D eigenvalue weighted by atomic mass is 16.2. The van der Waals surface area contributed by atoms with Gasteiger partial charge in [-0.2, -0.15) is 5.26 Å². The van der Waals surface area contributed by atoms with Gasteiger partial charge in [0.15, 0.2) is 0 Å². The third kappa shape index (κ3) is 7.95. The molecule has 0 saturated carbocycles. The van der Waals surface area contributed by atoms with Crippen LogP contribution in [0.4, 0.5) is 0 Å². The molecular formula is C11H21N3O. The Kier molecular flexibility index (Phi) is 8.79. The molecular weight excluding hydrogens is 190 g/mol. The summed E-state index contributed by atoms with van der Waals surface area (Å²) in [6.07, 6.45) is 5.14. The molecule has 0 aromatic heterocycles. The van der Waals surface area contributed by atoms with Crippen LogP contribution in [0.15, 0.2) is 0 Å². The van der Waals surface area contributed by atoms with Gasteiger partial charge < -0.3 is 10.6 Å². The van der Waals surface area contributed by atoms with Crippen molar-refractivity contribution in [2.24, 2.45) is 5.73 Å². The van der Waals surface area contributed by atoms with E-state index >= 15 is 0 Å². The lowest BCUT2D eigenvalue weighted by molar-refractivity contribution is -0.129. The highest BCUT2D eigenvalue weighted by Crippen LogP contribution is 2.04. The zero-order chi connectivity index (χ0) is 11.5. The van der Waals surface area contributed by atoms with Crippen LogP contribution in [0.25, 0.3) is 0 Å². The average Bonchev–Trinajstić information content (AvgIpc) is 2.25. The van der Waals surface area contributed by atoms with Crippen molar-refractivity contribution in [3.8, 4) is 6.07 Å². The van der Waals surface area contributed by atoms with E-state index in [0.29, 0.717) is 19.4 Å². The van der Waals surface area contributed by atoms with Gasteiger partial charge in [-0.15, -0.1) is 0 Å². The van der Waals surface area contributed by atoms with Crippen LogP contribution in [0.1, 0.15) is 38.5 Å². The summed E-state index contributed by atoms with van der Waals surface area (Å²) in [6.45, 7) is 1.27. The molecule has 0 rings (SSSR count). The van der Waals surface area contributed by atoms with Crippen molar-refractivity contribution in [3.05, 3.63) is 0 Å². The maximum atomic E-state index is 11.5. The highest BCUT2D eigenvalue weighted by molar-refractivity contribution is 5.75. The van der Waals surface area contributed by atoms with Crippen LogP contribution in [-0.4, -0.2) is 30.9 Å². The average molecular weight is 211 g/mol. The van der Waals surface area contributed by atoms with E-state index < -0.39 is 0 Å². The van der Waals surface area contributed by atoms with Gasteiger partial charge in [-0.05, 0) is 19.4 Å². The van der Waals surface area contributed by atoms with Gasteiger partial charge in [0.1, 0.15) is 0 Å². The molecule has 4 heteroatoms. The van der Waals surface area contributed by atoms with E-state index in [1.54, 1.807) is 11.9 Å². The molecule has 0 heterocycles. The van der Waals surface area contributed by atoms with Crippen molar-refractivity contribution in [1.29, 1.82) is 5.26 Å². The SMILES string of the molecule is CN(CCC#N)C(=O)CCCCCCN. The maximum Gasteiger partial charge on any atom is 0.222 e. The minimum absolute atomic E-state index is 0.137. The van der Waals surface area contributed by atoms with E-state index in [1.165, 1.54) is 0 Å². The standard InChI is InChI=1S/C11H21N3O/c1-14(10-6-9-13)11(15)7-4-2-3-5-8-12/h2-8,10,12H2,1H3. The largest absolute Gasteiger partial charge is 0.345 e. The zero-order valence-corrected chi connectivity index (χ0v) is 9.54. The molecule has 0 aliphatic heterocycles. The fraction of sp³-hybridized carbons (Fsp3) is 0.818. The molecule has 0 radical (unpaired) electrons. The Hall–Kier alpha value is -1.08. The summed E-state index contributed by atoms with van der Waals surface area (Å²) in [6, 6.07) is 2.03. The Morgan fingerprint density at radius 2 is 2.00 bits per heavy atom. The van der Waals surface area contributed by atoms with E-state index in [4.69, 9.17) is 11.0 Å². The lowest BCUT2D eigenvalue weighted by Crippen LogP contribution is -2.27. The first kappa shape index (κ1) is 13.9. The third-order valence-corrected chi connectivity index (χ3v) is 2.33. The molecule has 0 fully saturated rings. The Labute approximate surface area is 92.0 Å². The second kappa shape index (κ2) is 9.47. The van der Waals surface area contributed by atoms with Crippen molar-refractivity contribution in [1.82, 2.24) is 4.90 Å². The highest BCUT2D eigenvalue weighted by Gasteiger charge is 2.06. The zero-order valence-electron chi connectivity index (χ0n) is 9.54. The first-order valence-electron chi connectivity index (χ1n) is 5.53. The summed E-state index contributed by atoms with van der Waals surface area (Å²) in [4.78, 5) is 13.1. The van der Waals surface area contributed by atoms with Crippen LogP contribution in [0, 0.1) is 11.3 Å². The molecule has 0 unspecified atom stereocenters. The predicted octanol–water partition coefficient (Wildman–Crippen LogP) is 1.27. The molecule has 0 aliphatic rings. The van der Waals surface area contributed by atoms with E-state index in [-0.39, 0.29) is 5.91 Å². The third-order valence-electron chi connectivity index (χ3n) is 2.33. The second-order valence-corrected chi connectivity index (χ2v) is 3.68. The Balaban J connectivity index is 3.43. The molecule has 0 aliphatic carbocycles. The van der Waals surface area contributed by atoms with E-state index in [9.17, 15) is 4.79 Å². The first-order chi connectivity index (χ1) is 7.22. The van der Waals surface area contributed by atoms with Gasteiger partial charge in [-0.3, -0.25) is 4.79 Å². The number of nitrogens with two attached hydrogens (primary N) is 1. The smallest absolute Gasteiger partial charge is 0.222 e. The fourth-order valence-electron chi connectivity index (χ4n) is 1.31. The van der Waals surface area contributed by atoms with Crippen molar-refractivity contribution in [3.63, 3.8) is 0 Å². The maximum absolute atomic E-state index is 11.5. The Morgan fingerprint density at radius 1 is 1.33 bits per heavy atom. The number of hydrogen-bond donors (Lipinski definition) is 1. The molecule has 0 aromatic carbocycles. The van der Waals surface area contributed by atoms with Gasteiger partial charge in [0.2, 0.25) is 5.91 Å². The molecule has 86 valence electrons. The number of carbonyl (C=O) groups is 1. The minimum Gasteiger partial charge on any atom is -0.345 e. The fourth-order valence-corrected chi connectivity index (χ4v) is 1.31. The molecule has 0 bridgehead atoms. The van der Waals surface area contributed by atoms with Gasteiger partial charge in [0.25, 0.3) is 0 Å². The summed E-state index contributed by atoms with van der Waals surface area (Å²) in [5.74, 6) is 0.137. The topological polar surface area (TPSA) is 70.1 Å². The van der Waals surface area contributed by atoms with E-state index in [2.05, 4.69) is 0 Å². The van der Waals surface area contributed by atoms with Gasteiger partial charge in [-0.1, -0.05) is 12.8 Å². The number of amides is 1. The Bertz CT molecular complexity index is 210. The summed E-state index contributed by atoms with van der Waals surface area (Å²) in [5, 5.41) is 8.37. The lowest BCUT2D eigenvalue weighted by atomic mass is 10.1. The number of nitrogens with zero attached hydrogens (tertiary/aromatic N) is 2.